The van der Waals surface area contributed by atoms with Gasteiger partial charge in [-0.2, -0.15) is 0 Å². The van der Waals surface area contributed by atoms with Gasteiger partial charge in [-0.05, 0) is 69.3 Å². The number of halogens is 2. The maximum atomic E-state index is 5.65. The molecule has 1 saturated heterocycles. The lowest BCUT2D eigenvalue weighted by atomic mass is 9.90. The molecule has 0 aromatic carbocycles. The van der Waals surface area contributed by atoms with Gasteiger partial charge in [0.2, 0.25) is 0 Å². The third-order valence-corrected chi connectivity index (χ3v) is 5.69. The Kier molecular flexibility index (Phi) is 6.15. The molecule has 0 aliphatic carbocycles. The Morgan fingerprint density at radius 3 is 2.94 bits per heavy atom. The minimum atomic E-state index is 0.405. The summed E-state index contributed by atoms with van der Waals surface area (Å²) < 4.78 is 8.06. The van der Waals surface area contributed by atoms with E-state index in [0.29, 0.717) is 12.0 Å². The fourth-order valence-electron chi connectivity index (χ4n) is 2.42. The molecule has 102 valence electrons. The highest BCUT2D eigenvalue weighted by Gasteiger charge is 2.27. The average Bonchev–Trinajstić information content (AvgIpc) is 2.70. The molecular formula is C13H19Br2NOS. The van der Waals surface area contributed by atoms with Crippen molar-refractivity contribution in [3.63, 3.8) is 0 Å². The molecule has 2 nitrogen and oxygen atoms in total. The van der Waals surface area contributed by atoms with Crippen molar-refractivity contribution >= 4 is 43.2 Å². The number of nitrogens with one attached hydrogen (secondary N) is 1. The fourth-order valence-corrected chi connectivity index (χ4v) is 5.35. The lowest BCUT2D eigenvalue weighted by molar-refractivity contribution is 0.0390. The molecule has 0 saturated carbocycles. The number of hydrogen-bond donors (Lipinski definition) is 1. The Balaban J connectivity index is 2.15. The lowest BCUT2D eigenvalue weighted by Crippen LogP contribution is -2.33. The first-order valence-corrected chi connectivity index (χ1v) is 8.88. The van der Waals surface area contributed by atoms with Gasteiger partial charge < -0.3 is 10.1 Å². The van der Waals surface area contributed by atoms with Crippen LogP contribution >= 0.6 is 43.2 Å². The van der Waals surface area contributed by atoms with Crippen LogP contribution in [0.4, 0.5) is 0 Å². The van der Waals surface area contributed by atoms with E-state index in [0.717, 1.165) is 26.2 Å². The van der Waals surface area contributed by atoms with Gasteiger partial charge in [0.1, 0.15) is 0 Å². The van der Waals surface area contributed by atoms with E-state index >= 15 is 0 Å². The third kappa shape index (κ3) is 3.79. The molecule has 5 heteroatoms. The van der Waals surface area contributed by atoms with E-state index in [2.05, 4.69) is 50.2 Å². The molecule has 0 radical (unpaired) electrons. The fraction of sp³-hybridized carbons (Fsp3) is 0.692. The first-order chi connectivity index (χ1) is 8.72. The van der Waals surface area contributed by atoms with Crippen LogP contribution in [0.2, 0.25) is 0 Å². The van der Waals surface area contributed by atoms with Crippen molar-refractivity contribution in [2.45, 2.75) is 32.2 Å². The molecule has 0 spiro atoms. The zero-order chi connectivity index (χ0) is 13.0. The molecule has 1 aromatic rings. The maximum Gasteiger partial charge on any atom is 0.0758 e. The second-order valence-electron chi connectivity index (χ2n) is 4.69. The topological polar surface area (TPSA) is 21.3 Å². The molecule has 1 aromatic heterocycles. The van der Waals surface area contributed by atoms with Crippen molar-refractivity contribution in [2.75, 3.05) is 19.8 Å². The Morgan fingerprint density at radius 2 is 2.39 bits per heavy atom. The van der Waals surface area contributed by atoms with Crippen molar-refractivity contribution in [1.82, 2.24) is 5.32 Å². The minimum absolute atomic E-state index is 0.405. The van der Waals surface area contributed by atoms with Crippen LogP contribution in [-0.4, -0.2) is 19.8 Å². The zero-order valence-corrected chi connectivity index (χ0v) is 14.5. The Morgan fingerprint density at radius 1 is 1.56 bits per heavy atom. The van der Waals surface area contributed by atoms with Gasteiger partial charge in [0, 0.05) is 18.6 Å². The van der Waals surface area contributed by atoms with Crippen molar-refractivity contribution in [2.24, 2.45) is 5.92 Å². The van der Waals surface area contributed by atoms with Gasteiger partial charge in [0.25, 0.3) is 0 Å². The van der Waals surface area contributed by atoms with E-state index in [4.69, 9.17) is 4.74 Å². The summed E-state index contributed by atoms with van der Waals surface area (Å²) in [5, 5.41) is 3.69. The van der Waals surface area contributed by atoms with Gasteiger partial charge in [-0.25, -0.2) is 0 Å². The molecule has 2 heterocycles. The summed E-state index contributed by atoms with van der Waals surface area (Å²) in [6.07, 6.45) is 3.59. The molecule has 18 heavy (non-hydrogen) atoms. The highest BCUT2D eigenvalue weighted by molar-refractivity contribution is 9.12. The standard InChI is InChI=1S/C13H19Br2NOS/c1-2-5-16-12(9-4-3-6-17-8-9)10-7-11(14)18-13(10)15/h7,9,12,16H,2-6,8H2,1H3. The van der Waals surface area contributed by atoms with E-state index in [9.17, 15) is 0 Å². The third-order valence-electron chi connectivity index (χ3n) is 3.30. The number of rotatable bonds is 5. The Bertz CT molecular complexity index is 377. The van der Waals surface area contributed by atoms with Gasteiger partial charge in [-0.3, -0.25) is 0 Å². The molecule has 1 aliphatic rings. The molecule has 2 atom stereocenters. The predicted molar refractivity (Wildman–Crippen MR) is 84.3 cm³/mol. The largest absolute Gasteiger partial charge is 0.381 e. The summed E-state index contributed by atoms with van der Waals surface area (Å²) in [7, 11) is 0. The first kappa shape index (κ1) is 15.0. The van der Waals surface area contributed by atoms with Crippen LogP contribution in [-0.2, 0) is 4.74 Å². The molecule has 1 aliphatic heterocycles. The molecule has 0 amide bonds. The van der Waals surface area contributed by atoms with Gasteiger partial charge in [-0.15, -0.1) is 11.3 Å². The number of thiophene rings is 1. The van der Waals surface area contributed by atoms with Crippen LogP contribution in [0.1, 0.15) is 37.8 Å². The predicted octanol–water partition coefficient (Wildman–Crippen LogP) is 4.74. The van der Waals surface area contributed by atoms with Gasteiger partial charge in [0.15, 0.2) is 0 Å². The average molecular weight is 397 g/mol. The van der Waals surface area contributed by atoms with Crippen molar-refractivity contribution < 1.29 is 4.74 Å². The summed E-state index contributed by atoms with van der Waals surface area (Å²) in [5.74, 6) is 0.586. The monoisotopic (exact) mass is 395 g/mol. The van der Waals surface area contributed by atoms with Crippen LogP contribution in [0, 0.1) is 5.92 Å². The van der Waals surface area contributed by atoms with E-state index < -0.39 is 0 Å². The summed E-state index contributed by atoms with van der Waals surface area (Å²) in [5.41, 5.74) is 1.37. The summed E-state index contributed by atoms with van der Waals surface area (Å²) in [6.45, 7) is 5.06. The van der Waals surface area contributed by atoms with Crippen LogP contribution < -0.4 is 5.32 Å². The number of hydrogen-bond acceptors (Lipinski definition) is 3. The molecule has 2 rings (SSSR count). The lowest BCUT2D eigenvalue weighted by Gasteiger charge is -2.31. The van der Waals surface area contributed by atoms with E-state index in [1.807, 2.05) is 0 Å². The number of ether oxygens (including phenoxy) is 1. The van der Waals surface area contributed by atoms with Crippen LogP contribution in [0.5, 0.6) is 0 Å². The maximum absolute atomic E-state index is 5.65. The van der Waals surface area contributed by atoms with E-state index in [1.165, 1.54) is 26.0 Å². The van der Waals surface area contributed by atoms with Crippen molar-refractivity contribution in [3.05, 3.63) is 19.2 Å². The molecule has 1 N–H and O–H groups in total. The van der Waals surface area contributed by atoms with Crippen LogP contribution in [0.3, 0.4) is 0 Å². The molecule has 2 unspecified atom stereocenters. The second kappa shape index (κ2) is 7.39. The van der Waals surface area contributed by atoms with Crippen molar-refractivity contribution in [1.29, 1.82) is 0 Å². The Labute approximate surface area is 130 Å². The highest BCUT2D eigenvalue weighted by Crippen LogP contribution is 2.39. The second-order valence-corrected chi connectivity index (χ2v) is 8.44. The highest BCUT2D eigenvalue weighted by atomic mass is 79.9. The quantitative estimate of drug-likeness (QED) is 0.775. The van der Waals surface area contributed by atoms with Crippen LogP contribution in [0.15, 0.2) is 13.6 Å². The van der Waals surface area contributed by atoms with Crippen LogP contribution in [0.25, 0.3) is 0 Å². The normalized spacial score (nSPS) is 22.1. The first-order valence-electron chi connectivity index (χ1n) is 6.48. The van der Waals surface area contributed by atoms with E-state index in [1.54, 1.807) is 11.3 Å². The SMILES string of the molecule is CCCNC(c1cc(Br)sc1Br)C1CCCOC1. The van der Waals surface area contributed by atoms with E-state index in [-0.39, 0.29) is 0 Å². The summed E-state index contributed by atoms with van der Waals surface area (Å²) in [6, 6.07) is 2.64. The van der Waals surface area contributed by atoms with Gasteiger partial charge in [-0.1, -0.05) is 6.92 Å². The minimum Gasteiger partial charge on any atom is -0.381 e. The summed E-state index contributed by atoms with van der Waals surface area (Å²) in [4.78, 5) is 0. The van der Waals surface area contributed by atoms with Gasteiger partial charge >= 0.3 is 0 Å². The smallest absolute Gasteiger partial charge is 0.0758 e. The zero-order valence-electron chi connectivity index (χ0n) is 10.5. The van der Waals surface area contributed by atoms with Gasteiger partial charge in [0.05, 0.1) is 14.2 Å². The Hall–Kier alpha value is 0.580. The molecule has 1 fully saturated rings. The van der Waals surface area contributed by atoms with Crippen molar-refractivity contribution in [3.8, 4) is 0 Å². The molecular weight excluding hydrogens is 378 g/mol. The summed E-state index contributed by atoms with van der Waals surface area (Å²) >= 11 is 9.00. The molecule has 0 bridgehead atoms.